The summed E-state index contributed by atoms with van der Waals surface area (Å²) in [5.41, 5.74) is 2.51. The van der Waals surface area contributed by atoms with Crippen LogP contribution in [0.4, 0.5) is 5.95 Å². The van der Waals surface area contributed by atoms with Gasteiger partial charge in [-0.05, 0) is 36.9 Å². The molecule has 2 aromatic heterocycles. The first-order valence-electron chi connectivity index (χ1n) is 10.5. The summed E-state index contributed by atoms with van der Waals surface area (Å²) >= 11 is 0. The van der Waals surface area contributed by atoms with Crippen LogP contribution in [0.2, 0.25) is 0 Å². The fourth-order valence-electron chi connectivity index (χ4n) is 3.72. The molecule has 31 heavy (non-hydrogen) atoms. The minimum atomic E-state index is -2.84. The Bertz CT molecular complexity index is 1170. The van der Waals surface area contributed by atoms with E-state index in [0.29, 0.717) is 29.0 Å². The van der Waals surface area contributed by atoms with Gasteiger partial charge in [-0.25, -0.2) is 8.99 Å². The van der Waals surface area contributed by atoms with E-state index in [9.17, 15) is 4.21 Å². The molecular weight excluding hydrogens is 414 g/mol. The van der Waals surface area contributed by atoms with E-state index in [1.807, 2.05) is 18.3 Å². The second-order valence-corrected chi connectivity index (χ2v) is 10.3. The number of nitrogens with one attached hydrogen (secondary N) is 3. The average Bonchev–Trinajstić information content (AvgIpc) is 3.17. The SMILES string of the molecule is CC(C)c1cnn2c(NCc3ccccc3S(C)(=N)=O)nc(O[C@@H]3CCCNC3)nc12. The quantitative estimate of drug-likeness (QED) is 0.514. The number of nitrogens with zero attached hydrogens (tertiary/aromatic N) is 4. The molecule has 2 atom stereocenters. The van der Waals surface area contributed by atoms with E-state index in [4.69, 9.17) is 9.52 Å². The second-order valence-electron chi connectivity index (χ2n) is 8.21. The van der Waals surface area contributed by atoms with E-state index in [-0.39, 0.29) is 12.0 Å². The van der Waals surface area contributed by atoms with Gasteiger partial charge in [0, 0.05) is 24.9 Å². The lowest BCUT2D eigenvalue weighted by molar-refractivity contribution is 0.153. The number of fused-ring (bicyclic) bond motifs is 1. The molecule has 1 aliphatic heterocycles. The molecule has 10 heteroatoms. The third-order valence-corrected chi connectivity index (χ3v) is 6.59. The highest BCUT2D eigenvalue weighted by Gasteiger charge is 2.20. The van der Waals surface area contributed by atoms with Crippen LogP contribution in [0.5, 0.6) is 6.01 Å². The van der Waals surface area contributed by atoms with E-state index < -0.39 is 9.73 Å². The van der Waals surface area contributed by atoms with Gasteiger partial charge >= 0.3 is 6.01 Å². The van der Waals surface area contributed by atoms with Crippen LogP contribution in [0.3, 0.4) is 0 Å². The first-order chi connectivity index (χ1) is 14.8. The molecule has 1 aliphatic rings. The number of hydrogen-bond acceptors (Lipinski definition) is 8. The van der Waals surface area contributed by atoms with Crippen molar-refractivity contribution in [1.82, 2.24) is 24.9 Å². The Morgan fingerprint density at radius 3 is 2.87 bits per heavy atom. The lowest BCUT2D eigenvalue weighted by atomic mass is 10.1. The molecule has 0 amide bonds. The summed E-state index contributed by atoms with van der Waals surface area (Å²) in [4.78, 5) is 9.75. The van der Waals surface area contributed by atoms with Gasteiger partial charge < -0.3 is 15.4 Å². The highest BCUT2D eigenvalue weighted by Crippen LogP contribution is 2.24. The zero-order valence-electron chi connectivity index (χ0n) is 18.1. The van der Waals surface area contributed by atoms with Gasteiger partial charge in [-0.1, -0.05) is 32.0 Å². The van der Waals surface area contributed by atoms with E-state index in [0.717, 1.165) is 37.1 Å². The second kappa shape index (κ2) is 8.80. The zero-order chi connectivity index (χ0) is 22.0. The Balaban J connectivity index is 1.68. The number of benzene rings is 1. The Hall–Kier alpha value is -2.72. The average molecular weight is 444 g/mol. The summed E-state index contributed by atoms with van der Waals surface area (Å²) in [5, 5.41) is 11.1. The number of anilines is 1. The molecule has 1 saturated heterocycles. The van der Waals surface area contributed by atoms with Crippen molar-refractivity contribution in [1.29, 1.82) is 4.78 Å². The highest BCUT2D eigenvalue weighted by atomic mass is 32.2. The van der Waals surface area contributed by atoms with Crippen molar-refractivity contribution in [3.8, 4) is 6.01 Å². The molecule has 0 bridgehead atoms. The van der Waals surface area contributed by atoms with Gasteiger partial charge in [-0.15, -0.1) is 0 Å². The normalized spacial score (nSPS) is 18.8. The summed E-state index contributed by atoms with van der Waals surface area (Å²) in [5.74, 6) is 0.747. The van der Waals surface area contributed by atoms with Crippen molar-refractivity contribution >= 4 is 21.3 Å². The molecule has 1 unspecified atom stereocenters. The Morgan fingerprint density at radius 2 is 2.16 bits per heavy atom. The van der Waals surface area contributed by atoms with Crippen molar-refractivity contribution in [3.63, 3.8) is 0 Å². The topological polar surface area (TPSA) is 117 Å². The van der Waals surface area contributed by atoms with Crippen molar-refractivity contribution in [2.45, 2.75) is 50.2 Å². The van der Waals surface area contributed by atoms with Crippen LogP contribution in [0, 0.1) is 4.78 Å². The number of ether oxygens (including phenoxy) is 1. The van der Waals surface area contributed by atoms with Gasteiger partial charge in [-0.3, -0.25) is 0 Å². The minimum absolute atomic E-state index is 0.0308. The van der Waals surface area contributed by atoms with Crippen LogP contribution in [-0.2, 0) is 16.3 Å². The van der Waals surface area contributed by atoms with Crippen LogP contribution in [-0.4, -0.2) is 49.2 Å². The van der Waals surface area contributed by atoms with Crippen molar-refractivity contribution in [3.05, 3.63) is 41.6 Å². The summed E-state index contributed by atoms with van der Waals surface area (Å²) in [7, 11) is -2.84. The molecule has 3 aromatic rings. The van der Waals surface area contributed by atoms with E-state index >= 15 is 0 Å². The van der Waals surface area contributed by atoms with Crippen LogP contribution in [0.25, 0.3) is 5.65 Å². The summed E-state index contributed by atoms with van der Waals surface area (Å²) in [6.07, 6.45) is 5.29. The number of hydrogen-bond donors (Lipinski definition) is 3. The Labute approximate surface area is 182 Å². The van der Waals surface area contributed by atoms with Crippen LogP contribution in [0.1, 0.15) is 43.7 Å². The largest absolute Gasteiger partial charge is 0.459 e. The van der Waals surface area contributed by atoms with Gasteiger partial charge in [0.15, 0.2) is 5.65 Å². The maximum atomic E-state index is 12.4. The first-order valence-corrected chi connectivity index (χ1v) is 12.5. The minimum Gasteiger partial charge on any atom is -0.459 e. The molecule has 3 heterocycles. The smallest absolute Gasteiger partial charge is 0.322 e. The maximum Gasteiger partial charge on any atom is 0.322 e. The Kier molecular flexibility index (Phi) is 6.10. The molecule has 0 aliphatic carbocycles. The molecule has 0 radical (unpaired) electrons. The van der Waals surface area contributed by atoms with Gasteiger partial charge in [0.1, 0.15) is 6.10 Å². The third kappa shape index (κ3) is 4.80. The highest BCUT2D eigenvalue weighted by molar-refractivity contribution is 7.91. The predicted molar refractivity (Wildman–Crippen MR) is 120 cm³/mol. The lowest BCUT2D eigenvalue weighted by Crippen LogP contribution is -2.37. The predicted octanol–water partition coefficient (Wildman–Crippen LogP) is 3.03. The Morgan fingerprint density at radius 1 is 1.35 bits per heavy atom. The molecular formula is C21H29N7O2S. The molecule has 1 fully saturated rings. The van der Waals surface area contributed by atoms with Gasteiger partial charge in [-0.2, -0.15) is 19.6 Å². The van der Waals surface area contributed by atoms with Crippen LogP contribution < -0.4 is 15.4 Å². The molecule has 166 valence electrons. The molecule has 0 saturated carbocycles. The maximum absolute atomic E-state index is 12.4. The standard InChI is InChI=1S/C21H29N7O2S/c1-14(2)17-13-25-28-19(17)26-21(30-16-8-6-10-23-12-16)27-20(28)24-11-15-7-4-5-9-18(15)31(3,22)29/h4-5,7,9,13-14,16,22-23H,6,8,10-12H2,1-3H3,(H,24,26,27)/t16-,31?/m1/s1. The third-order valence-electron chi connectivity index (χ3n) is 5.35. The molecule has 3 N–H and O–H groups in total. The van der Waals surface area contributed by atoms with Crippen LogP contribution >= 0.6 is 0 Å². The summed E-state index contributed by atoms with van der Waals surface area (Å²) in [6.45, 7) is 6.33. The molecule has 9 nitrogen and oxygen atoms in total. The van der Waals surface area contributed by atoms with Crippen molar-refractivity contribution in [2.24, 2.45) is 0 Å². The number of aromatic nitrogens is 4. The first kappa shape index (κ1) is 21.5. The van der Waals surface area contributed by atoms with E-state index in [1.165, 1.54) is 6.26 Å². The zero-order valence-corrected chi connectivity index (χ0v) is 18.9. The summed E-state index contributed by atoms with van der Waals surface area (Å²) in [6, 6.07) is 7.59. The number of piperidine rings is 1. The fraction of sp³-hybridized carbons (Fsp3) is 0.476. The molecule has 4 rings (SSSR count). The molecule has 0 spiro atoms. The monoisotopic (exact) mass is 443 g/mol. The van der Waals surface area contributed by atoms with Crippen LogP contribution in [0.15, 0.2) is 35.4 Å². The number of rotatable bonds is 7. The fourth-order valence-corrected chi connectivity index (χ4v) is 4.70. The van der Waals surface area contributed by atoms with Gasteiger partial charge in [0.05, 0.1) is 20.8 Å². The molecule has 1 aromatic carbocycles. The van der Waals surface area contributed by atoms with E-state index in [1.54, 1.807) is 16.6 Å². The van der Waals surface area contributed by atoms with Gasteiger partial charge in [0.2, 0.25) is 5.95 Å². The van der Waals surface area contributed by atoms with Crippen molar-refractivity contribution in [2.75, 3.05) is 24.7 Å². The summed E-state index contributed by atoms with van der Waals surface area (Å²) < 4.78 is 28.1. The lowest BCUT2D eigenvalue weighted by Gasteiger charge is -2.23. The van der Waals surface area contributed by atoms with E-state index in [2.05, 4.69) is 39.5 Å². The van der Waals surface area contributed by atoms with Crippen molar-refractivity contribution < 1.29 is 8.95 Å². The van der Waals surface area contributed by atoms with Gasteiger partial charge in [0.25, 0.3) is 0 Å².